The fourth-order valence-corrected chi connectivity index (χ4v) is 5.30. The number of carbonyl (C=O) groups is 1. The second-order valence-electron chi connectivity index (χ2n) is 7.31. The number of non-ortho nitro benzene ring substituents is 1. The highest BCUT2D eigenvalue weighted by Crippen LogP contribution is 2.42. The summed E-state index contributed by atoms with van der Waals surface area (Å²) in [5.74, 6) is 0.654. The molecule has 2 aliphatic rings. The maximum absolute atomic E-state index is 12.6. The number of piperidine rings is 1. The van der Waals surface area contributed by atoms with Gasteiger partial charge in [0.05, 0.1) is 10.7 Å². The van der Waals surface area contributed by atoms with Crippen LogP contribution in [0.25, 0.3) is 0 Å². The molecule has 0 aromatic heterocycles. The van der Waals surface area contributed by atoms with Gasteiger partial charge in [-0.15, -0.1) is 11.8 Å². The predicted octanol–water partition coefficient (Wildman–Crippen LogP) is 3.83. The molecule has 0 aliphatic carbocycles. The van der Waals surface area contributed by atoms with Crippen molar-refractivity contribution in [1.82, 2.24) is 9.80 Å². The highest BCUT2D eigenvalue weighted by atomic mass is 32.2. The van der Waals surface area contributed by atoms with Gasteiger partial charge in [0.1, 0.15) is 5.37 Å². The second kappa shape index (κ2) is 8.32. The average Bonchev–Trinajstić information content (AvgIpc) is 3.11. The first-order valence-corrected chi connectivity index (χ1v) is 10.6. The minimum Gasteiger partial charge on any atom is -0.323 e. The van der Waals surface area contributed by atoms with Gasteiger partial charge in [-0.2, -0.15) is 0 Å². The number of thioether (sulfide) groups is 1. The zero-order valence-electron chi connectivity index (χ0n) is 15.6. The average molecular weight is 398 g/mol. The van der Waals surface area contributed by atoms with E-state index in [9.17, 15) is 14.9 Å². The number of rotatable bonds is 5. The van der Waals surface area contributed by atoms with Gasteiger partial charge in [-0.05, 0) is 36.1 Å². The Balaban J connectivity index is 1.41. The van der Waals surface area contributed by atoms with Crippen LogP contribution in [-0.2, 0) is 11.3 Å². The Morgan fingerprint density at radius 1 is 1.04 bits per heavy atom. The van der Waals surface area contributed by atoms with Crippen LogP contribution in [0.3, 0.4) is 0 Å². The van der Waals surface area contributed by atoms with E-state index in [4.69, 9.17) is 0 Å². The summed E-state index contributed by atoms with van der Waals surface area (Å²) in [7, 11) is 0. The van der Waals surface area contributed by atoms with E-state index in [-0.39, 0.29) is 23.0 Å². The van der Waals surface area contributed by atoms with Gasteiger partial charge < -0.3 is 4.90 Å². The van der Waals surface area contributed by atoms with Crippen molar-refractivity contribution < 1.29 is 9.72 Å². The molecule has 0 spiro atoms. The van der Waals surface area contributed by atoms with Crippen LogP contribution in [0.2, 0.25) is 0 Å². The molecule has 1 atom stereocenters. The van der Waals surface area contributed by atoms with Crippen molar-refractivity contribution in [2.24, 2.45) is 0 Å². The molecule has 1 unspecified atom stereocenters. The molecule has 28 heavy (non-hydrogen) atoms. The van der Waals surface area contributed by atoms with Crippen molar-refractivity contribution in [3.8, 4) is 0 Å². The lowest BCUT2D eigenvalue weighted by molar-refractivity contribution is -0.384. The maximum Gasteiger partial charge on any atom is 0.269 e. The fraction of sp³-hybridized carbons (Fsp3) is 0.381. The molecule has 2 fully saturated rings. The molecule has 146 valence electrons. The minimum absolute atomic E-state index is 0.0426. The zero-order valence-corrected chi connectivity index (χ0v) is 16.4. The largest absolute Gasteiger partial charge is 0.323 e. The van der Waals surface area contributed by atoms with Crippen molar-refractivity contribution in [2.75, 3.05) is 18.8 Å². The molecule has 0 bridgehead atoms. The Hall–Kier alpha value is -2.38. The van der Waals surface area contributed by atoms with Crippen molar-refractivity contribution in [1.29, 1.82) is 0 Å². The van der Waals surface area contributed by atoms with Gasteiger partial charge in [-0.25, -0.2) is 0 Å². The van der Waals surface area contributed by atoms with E-state index in [1.165, 1.54) is 17.7 Å². The number of nitro groups is 1. The molecule has 7 heteroatoms. The summed E-state index contributed by atoms with van der Waals surface area (Å²) in [6.45, 7) is 2.89. The van der Waals surface area contributed by atoms with Gasteiger partial charge in [0.2, 0.25) is 5.91 Å². The number of nitro benzene ring substituents is 1. The molecule has 0 radical (unpaired) electrons. The number of benzene rings is 2. The van der Waals surface area contributed by atoms with E-state index in [2.05, 4.69) is 29.2 Å². The summed E-state index contributed by atoms with van der Waals surface area (Å²) in [6.07, 6.45) is 1.92. The number of nitrogens with zero attached hydrogens (tertiary/aromatic N) is 3. The smallest absolute Gasteiger partial charge is 0.269 e. The quantitative estimate of drug-likeness (QED) is 0.567. The molecule has 2 saturated heterocycles. The first-order chi connectivity index (χ1) is 13.6. The summed E-state index contributed by atoms with van der Waals surface area (Å²) < 4.78 is 0. The Morgan fingerprint density at radius 2 is 1.71 bits per heavy atom. The third kappa shape index (κ3) is 4.05. The molecule has 0 saturated carbocycles. The second-order valence-corrected chi connectivity index (χ2v) is 8.37. The summed E-state index contributed by atoms with van der Waals surface area (Å²) >= 11 is 1.62. The van der Waals surface area contributed by atoms with Crippen molar-refractivity contribution >= 4 is 23.4 Å². The Labute approximate surface area is 168 Å². The first-order valence-electron chi connectivity index (χ1n) is 9.55. The van der Waals surface area contributed by atoms with Crippen LogP contribution in [0, 0.1) is 10.1 Å². The first kappa shape index (κ1) is 19.0. The molecule has 2 aromatic rings. The number of carbonyl (C=O) groups excluding carboxylic acids is 1. The normalized spacial score (nSPS) is 21.2. The van der Waals surface area contributed by atoms with Gasteiger partial charge in [-0.1, -0.05) is 30.3 Å². The molecular formula is C21H23N3O3S. The van der Waals surface area contributed by atoms with E-state index >= 15 is 0 Å². The van der Waals surface area contributed by atoms with Crippen LogP contribution < -0.4 is 0 Å². The molecule has 4 rings (SSSR count). The van der Waals surface area contributed by atoms with E-state index in [0.29, 0.717) is 5.75 Å². The SMILES string of the molecule is O=C1CSC(c2ccc([N+](=O)[O-])cc2)N1C1CCN(Cc2ccccc2)CC1. The lowest BCUT2D eigenvalue weighted by Gasteiger charge is -2.39. The molecule has 0 N–H and O–H groups in total. The van der Waals surface area contributed by atoms with Gasteiger partial charge in [-0.3, -0.25) is 19.8 Å². The van der Waals surface area contributed by atoms with E-state index < -0.39 is 4.92 Å². The lowest BCUT2D eigenvalue weighted by Crippen LogP contribution is -2.46. The van der Waals surface area contributed by atoms with Crippen molar-refractivity contribution in [3.05, 3.63) is 75.8 Å². The van der Waals surface area contributed by atoms with Gasteiger partial charge in [0.15, 0.2) is 0 Å². The molecule has 1 amide bonds. The predicted molar refractivity (Wildman–Crippen MR) is 110 cm³/mol. The van der Waals surface area contributed by atoms with Crippen LogP contribution in [0.4, 0.5) is 5.69 Å². The standard InChI is InChI=1S/C21H23N3O3S/c25-20-15-28-21(17-6-8-19(9-7-17)24(26)27)23(20)18-10-12-22(13-11-18)14-16-4-2-1-3-5-16/h1-9,18,21H,10-15H2. The maximum atomic E-state index is 12.6. The van der Waals surface area contributed by atoms with Crippen molar-refractivity contribution in [3.63, 3.8) is 0 Å². The zero-order chi connectivity index (χ0) is 19.5. The molecule has 2 aromatic carbocycles. The Morgan fingerprint density at radius 3 is 2.36 bits per heavy atom. The monoisotopic (exact) mass is 397 g/mol. The third-order valence-corrected chi connectivity index (χ3v) is 6.72. The lowest BCUT2D eigenvalue weighted by atomic mass is 10.0. The fourth-order valence-electron chi connectivity index (χ4n) is 4.05. The summed E-state index contributed by atoms with van der Waals surface area (Å²) in [5, 5.41) is 10.8. The van der Waals surface area contributed by atoms with Crippen LogP contribution in [0.1, 0.15) is 29.3 Å². The van der Waals surface area contributed by atoms with Gasteiger partial charge in [0.25, 0.3) is 5.69 Å². The number of hydrogen-bond acceptors (Lipinski definition) is 5. The van der Waals surface area contributed by atoms with Crippen LogP contribution >= 0.6 is 11.8 Å². The number of hydrogen-bond donors (Lipinski definition) is 0. The number of likely N-dealkylation sites (tertiary alicyclic amines) is 1. The van der Waals surface area contributed by atoms with Gasteiger partial charge in [0, 0.05) is 37.8 Å². The van der Waals surface area contributed by atoms with E-state index in [1.807, 2.05) is 11.0 Å². The van der Waals surface area contributed by atoms with E-state index in [1.54, 1.807) is 23.9 Å². The summed E-state index contributed by atoms with van der Waals surface area (Å²) in [4.78, 5) is 27.6. The summed E-state index contributed by atoms with van der Waals surface area (Å²) in [6, 6.07) is 17.3. The highest BCUT2D eigenvalue weighted by molar-refractivity contribution is 8.00. The molecule has 2 heterocycles. The molecular weight excluding hydrogens is 374 g/mol. The van der Waals surface area contributed by atoms with E-state index in [0.717, 1.165) is 38.0 Å². The summed E-state index contributed by atoms with van der Waals surface area (Å²) in [5.41, 5.74) is 2.37. The van der Waals surface area contributed by atoms with Crippen LogP contribution in [0.15, 0.2) is 54.6 Å². The van der Waals surface area contributed by atoms with Gasteiger partial charge >= 0.3 is 0 Å². The molecule has 2 aliphatic heterocycles. The topological polar surface area (TPSA) is 66.7 Å². The molecule has 6 nitrogen and oxygen atoms in total. The highest BCUT2D eigenvalue weighted by Gasteiger charge is 2.39. The van der Waals surface area contributed by atoms with Crippen molar-refractivity contribution in [2.45, 2.75) is 30.8 Å². The van der Waals surface area contributed by atoms with Crippen LogP contribution in [0.5, 0.6) is 0 Å². The Kier molecular flexibility index (Phi) is 5.64. The Bertz CT molecular complexity index is 836. The number of amides is 1. The van der Waals surface area contributed by atoms with Crippen LogP contribution in [-0.4, -0.2) is 45.5 Å². The minimum atomic E-state index is -0.392. The third-order valence-electron chi connectivity index (χ3n) is 5.49.